The van der Waals surface area contributed by atoms with Crippen LogP contribution < -0.4 is 4.74 Å². The van der Waals surface area contributed by atoms with Gasteiger partial charge >= 0.3 is 0 Å². The van der Waals surface area contributed by atoms with E-state index in [-0.39, 0.29) is 5.90 Å². The largest absolute Gasteiger partial charge is 0.494 e. The first kappa shape index (κ1) is 20.2. The smallest absolute Gasteiger partial charge is 0.217 e. The summed E-state index contributed by atoms with van der Waals surface area (Å²) in [6.45, 7) is 2.41. The first-order valence-corrected chi connectivity index (χ1v) is 10.5. The van der Waals surface area contributed by atoms with E-state index in [9.17, 15) is 15.8 Å². The van der Waals surface area contributed by atoms with E-state index in [2.05, 4.69) is 18.2 Å². The van der Waals surface area contributed by atoms with Crippen LogP contribution in [-0.2, 0) is 9.47 Å². The van der Waals surface area contributed by atoms with Gasteiger partial charge in [0.1, 0.15) is 11.9 Å². The standard InChI is InChI=1S/C23H24N4O3/c1-2-28-17-10-8-16(9-11-17)19-21(13-24,14-25)22(15-26)18-7-5-3-4-6-12-23(18,29-19)30-20(22)27/h8-11,18-19,27H,2-7,12H2,1H3. The number of rotatable bonds is 3. The first-order valence-electron chi connectivity index (χ1n) is 10.5. The third-order valence-electron chi connectivity index (χ3n) is 6.81. The van der Waals surface area contributed by atoms with E-state index in [1.165, 1.54) is 0 Å². The van der Waals surface area contributed by atoms with Crippen molar-refractivity contribution in [1.82, 2.24) is 0 Å². The van der Waals surface area contributed by atoms with Gasteiger partial charge in [0.25, 0.3) is 0 Å². The molecule has 30 heavy (non-hydrogen) atoms. The molecule has 1 aromatic carbocycles. The molecule has 4 atom stereocenters. The molecule has 4 unspecified atom stereocenters. The van der Waals surface area contributed by atoms with Crippen LogP contribution >= 0.6 is 0 Å². The van der Waals surface area contributed by atoms with E-state index >= 15 is 0 Å². The highest BCUT2D eigenvalue weighted by atomic mass is 16.7. The highest BCUT2D eigenvalue weighted by Gasteiger charge is 2.79. The molecule has 2 saturated heterocycles. The molecule has 0 radical (unpaired) electrons. The van der Waals surface area contributed by atoms with Gasteiger partial charge in [-0.3, -0.25) is 5.41 Å². The highest BCUT2D eigenvalue weighted by Crippen LogP contribution is 2.68. The van der Waals surface area contributed by atoms with E-state index in [0.29, 0.717) is 30.8 Å². The summed E-state index contributed by atoms with van der Waals surface area (Å²) in [5, 5.41) is 39.5. The van der Waals surface area contributed by atoms with Crippen molar-refractivity contribution in [3.8, 4) is 24.0 Å². The van der Waals surface area contributed by atoms with Crippen LogP contribution in [0.5, 0.6) is 5.75 Å². The number of ether oxygens (including phenoxy) is 3. The van der Waals surface area contributed by atoms with Gasteiger partial charge in [0.2, 0.25) is 17.1 Å². The Balaban J connectivity index is 1.90. The van der Waals surface area contributed by atoms with Crippen LogP contribution in [0.15, 0.2) is 24.3 Å². The molecule has 2 heterocycles. The molecule has 3 aliphatic rings. The highest BCUT2D eigenvalue weighted by molar-refractivity contribution is 5.89. The molecule has 1 aromatic rings. The van der Waals surface area contributed by atoms with E-state index in [0.717, 1.165) is 25.7 Å². The summed E-state index contributed by atoms with van der Waals surface area (Å²) in [5.74, 6) is -1.33. The molecule has 2 aliphatic heterocycles. The fourth-order valence-corrected chi connectivity index (χ4v) is 5.42. The van der Waals surface area contributed by atoms with Crippen molar-refractivity contribution in [1.29, 1.82) is 21.2 Å². The van der Waals surface area contributed by atoms with Gasteiger partial charge in [-0.2, -0.15) is 15.8 Å². The van der Waals surface area contributed by atoms with Crippen molar-refractivity contribution < 1.29 is 14.2 Å². The number of hydrogen-bond donors (Lipinski definition) is 1. The predicted molar refractivity (Wildman–Crippen MR) is 106 cm³/mol. The molecule has 7 nitrogen and oxygen atoms in total. The SMILES string of the molecule is CCOc1ccc(C2OC34CCCCCCC3C(C#N)(C(=N)O4)C2(C#N)C#N)cc1. The van der Waals surface area contributed by atoms with E-state index in [1.807, 2.05) is 6.92 Å². The van der Waals surface area contributed by atoms with Gasteiger partial charge in [-0.25, -0.2) is 0 Å². The van der Waals surface area contributed by atoms with Gasteiger partial charge in [0.05, 0.1) is 30.7 Å². The van der Waals surface area contributed by atoms with Crippen molar-refractivity contribution in [2.75, 3.05) is 6.61 Å². The average molecular weight is 404 g/mol. The molecule has 2 bridgehead atoms. The topological polar surface area (TPSA) is 123 Å². The number of hydrogen-bond acceptors (Lipinski definition) is 7. The third-order valence-corrected chi connectivity index (χ3v) is 6.81. The van der Waals surface area contributed by atoms with Crippen molar-refractivity contribution in [2.24, 2.45) is 16.7 Å². The van der Waals surface area contributed by atoms with Gasteiger partial charge in [0, 0.05) is 6.42 Å². The second-order valence-corrected chi connectivity index (χ2v) is 8.20. The van der Waals surface area contributed by atoms with Crippen LogP contribution in [0.25, 0.3) is 0 Å². The predicted octanol–water partition coefficient (Wildman–Crippen LogP) is 4.37. The molecule has 0 spiro atoms. The Morgan fingerprint density at radius 3 is 2.40 bits per heavy atom. The summed E-state index contributed by atoms with van der Waals surface area (Å²) in [6.07, 6.45) is 3.81. The van der Waals surface area contributed by atoms with Gasteiger partial charge in [-0.15, -0.1) is 0 Å². The maximum atomic E-state index is 10.4. The van der Waals surface area contributed by atoms with Crippen LogP contribution in [0.1, 0.15) is 57.1 Å². The molecule has 1 N–H and O–H groups in total. The quantitative estimate of drug-likeness (QED) is 0.798. The van der Waals surface area contributed by atoms with E-state index < -0.39 is 28.6 Å². The maximum absolute atomic E-state index is 10.4. The zero-order valence-corrected chi connectivity index (χ0v) is 17.0. The molecular formula is C23H24N4O3. The Labute approximate surface area is 176 Å². The van der Waals surface area contributed by atoms with Crippen molar-refractivity contribution >= 4 is 5.90 Å². The minimum Gasteiger partial charge on any atom is -0.494 e. The summed E-state index contributed by atoms with van der Waals surface area (Å²) in [4.78, 5) is 0. The normalized spacial score (nSPS) is 34.1. The van der Waals surface area contributed by atoms with Crippen molar-refractivity contribution in [2.45, 2.75) is 57.3 Å². The monoisotopic (exact) mass is 404 g/mol. The Kier molecular flexibility index (Phi) is 4.92. The van der Waals surface area contributed by atoms with Crippen LogP contribution in [0.3, 0.4) is 0 Å². The van der Waals surface area contributed by atoms with Gasteiger partial charge < -0.3 is 14.2 Å². The number of nitriles is 3. The van der Waals surface area contributed by atoms with Crippen LogP contribution in [0, 0.1) is 56.2 Å². The van der Waals surface area contributed by atoms with Crippen LogP contribution in [-0.4, -0.2) is 18.3 Å². The Morgan fingerprint density at radius 2 is 1.77 bits per heavy atom. The van der Waals surface area contributed by atoms with Crippen molar-refractivity contribution in [3.63, 3.8) is 0 Å². The maximum Gasteiger partial charge on any atom is 0.217 e. The molecule has 4 rings (SSSR count). The number of nitrogens with zero attached hydrogens (tertiary/aromatic N) is 3. The van der Waals surface area contributed by atoms with Crippen molar-refractivity contribution in [3.05, 3.63) is 29.8 Å². The van der Waals surface area contributed by atoms with Gasteiger partial charge in [-0.05, 0) is 37.5 Å². The molecule has 1 saturated carbocycles. The molecular weight excluding hydrogens is 380 g/mol. The van der Waals surface area contributed by atoms with E-state index in [4.69, 9.17) is 19.6 Å². The fourth-order valence-electron chi connectivity index (χ4n) is 5.42. The molecule has 154 valence electrons. The molecule has 0 amide bonds. The van der Waals surface area contributed by atoms with E-state index in [1.54, 1.807) is 24.3 Å². The van der Waals surface area contributed by atoms with Crippen LogP contribution in [0.4, 0.5) is 0 Å². The average Bonchev–Trinajstić information content (AvgIpc) is 2.92. The lowest BCUT2D eigenvalue weighted by Gasteiger charge is -2.50. The Hall–Kier alpha value is -3.08. The Morgan fingerprint density at radius 1 is 1.07 bits per heavy atom. The zero-order chi connectivity index (χ0) is 21.4. The lowest BCUT2D eigenvalue weighted by Crippen LogP contribution is -2.59. The van der Waals surface area contributed by atoms with Gasteiger partial charge in [-0.1, -0.05) is 31.4 Å². The molecule has 7 heteroatoms. The zero-order valence-electron chi connectivity index (χ0n) is 17.0. The summed E-state index contributed by atoms with van der Waals surface area (Å²) in [6, 6.07) is 13.5. The van der Waals surface area contributed by atoms with Crippen LogP contribution in [0.2, 0.25) is 0 Å². The molecule has 0 aromatic heterocycles. The lowest BCUT2D eigenvalue weighted by atomic mass is 9.52. The first-order chi connectivity index (χ1) is 14.5. The Bertz CT molecular complexity index is 956. The lowest BCUT2D eigenvalue weighted by molar-refractivity contribution is -0.289. The fraction of sp³-hybridized carbons (Fsp3) is 0.565. The summed E-state index contributed by atoms with van der Waals surface area (Å²) >= 11 is 0. The van der Waals surface area contributed by atoms with Gasteiger partial charge in [0.15, 0.2) is 5.41 Å². The number of nitrogens with one attached hydrogen (secondary N) is 1. The number of benzene rings is 1. The summed E-state index contributed by atoms with van der Waals surface area (Å²) < 4.78 is 18.0. The molecule has 3 fully saturated rings. The third kappa shape index (κ3) is 2.47. The second kappa shape index (κ2) is 7.31. The second-order valence-electron chi connectivity index (χ2n) is 8.20. The minimum atomic E-state index is -1.89. The summed E-state index contributed by atoms with van der Waals surface area (Å²) in [7, 11) is 0. The minimum absolute atomic E-state index is 0.312. The molecule has 1 aliphatic carbocycles. The summed E-state index contributed by atoms with van der Waals surface area (Å²) in [5.41, 5.74) is -2.97.